The zero-order valence-corrected chi connectivity index (χ0v) is 29.4. The van der Waals surface area contributed by atoms with Gasteiger partial charge in [-0.15, -0.1) is 0 Å². The highest BCUT2D eigenvalue weighted by molar-refractivity contribution is 5.96. The van der Waals surface area contributed by atoms with E-state index in [2.05, 4.69) is 20.6 Å². The van der Waals surface area contributed by atoms with Crippen molar-refractivity contribution in [1.82, 2.24) is 20.6 Å². The number of hydrogen-bond donors (Lipinski definition) is 6. The van der Waals surface area contributed by atoms with E-state index in [-0.39, 0.29) is 51.2 Å². The SMILES string of the molecule is NCCOCCOCCOCCNC(=O)c1ccnc(-c2cc(C(=O)NCCOCCOCCOCCO[C@@H]3O[C@H](CO)C[C@H](O)[C@H]3O)ccn2)c1. The molecular formula is C34H53N5O13. The van der Waals surface area contributed by atoms with Gasteiger partial charge in [0.05, 0.1) is 116 Å². The van der Waals surface area contributed by atoms with Gasteiger partial charge in [-0.2, -0.15) is 0 Å². The summed E-state index contributed by atoms with van der Waals surface area (Å²) in [5.41, 5.74) is 7.01. The molecule has 0 aromatic carbocycles. The summed E-state index contributed by atoms with van der Waals surface area (Å²) in [6.07, 6.45) is -0.675. The minimum Gasteiger partial charge on any atom is -0.394 e. The van der Waals surface area contributed by atoms with Gasteiger partial charge in [0.1, 0.15) is 6.10 Å². The summed E-state index contributed by atoms with van der Waals surface area (Å²) in [5, 5.41) is 34.6. The lowest BCUT2D eigenvalue weighted by Gasteiger charge is -2.36. The standard InChI is InChI=1S/C34H53N5O13/c35-3-8-45-11-14-48-15-12-46-9-6-38-32(43)25-1-4-36-28(21-25)29-22-26(2-5-37-29)33(44)39-7-10-47-13-16-49-17-18-50-19-20-51-34-31(42)30(41)23-27(24-40)52-34/h1-2,4-5,21-22,27,30-31,34,40-42H,3,6-20,23-24,35H2,(H,38,43)(H,39,44)/t27-,30-,31+,34+/m0/s1. The molecule has 3 rings (SSSR count). The number of nitrogens with zero attached hydrogens (tertiary/aromatic N) is 2. The number of carbonyl (C=O) groups excluding carboxylic acids is 2. The molecule has 0 spiro atoms. The Morgan fingerprint density at radius 1 is 0.712 bits per heavy atom. The van der Waals surface area contributed by atoms with E-state index in [1.165, 1.54) is 12.4 Å². The number of ether oxygens (including phenoxy) is 8. The van der Waals surface area contributed by atoms with Crippen LogP contribution in [0.4, 0.5) is 0 Å². The number of aromatic nitrogens is 2. The zero-order chi connectivity index (χ0) is 37.2. The molecule has 18 heteroatoms. The number of nitrogens with one attached hydrogen (secondary N) is 2. The van der Waals surface area contributed by atoms with Crippen LogP contribution in [-0.2, 0) is 37.9 Å². The summed E-state index contributed by atoms with van der Waals surface area (Å²) in [6, 6.07) is 6.39. The van der Waals surface area contributed by atoms with Crippen molar-refractivity contribution >= 4 is 11.8 Å². The molecule has 7 N–H and O–H groups in total. The van der Waals surface area contributed by atoms with E-state index in [1.807, 2.05) is 0 Å². The van der Waals surface area contributed by atoms with Crippen LogP contribution < -0.4 is 16.4 Å². The third kappa shape index (κ3) is 17.1. The van der Waals surface area contributed by atoms with E-state index >= 15 is 0 Å². The van der Waals surface area contributed by atoms with Crippen molar-refractivity contribution in [3.8, 4) is 11.4 Å². The maximum absolute atomic E-state index is 12.7. The van der Waals surface area contributed by atoms with Crippen LogP contribution in [-0.4, -0.2) is 174 Å². The molecule has 0 saturated carbocycles. The maximum atomic E-state index is 12.7. The monoisotopic (exact) mass is 739 g/mol. The molecule has 0 bridgehead atoms. The molecule has 2 aromatic rings. The van der Waals surface area contributed by atoms with Crippen molar-refractivity contribution in [1.29, 1.82) is 0 Å². The first kappa shape index (κ1) is 43.2. The van der Waals surface area contributed by atoms with Crippen LogP contribution in [0, 0.1) is 0 Å². The van der Waals surface area contributed by atoms with Crippen molar-refractivity contribution in [3.05, 3.63) is 47.8 Å². The number of carbonyl (C=O) groups is 2. The molecule has 52 heavy (non-hydrogen) atoms. The predicted octanol–water partition coefficient (Wildman–Crippen LogP) is -1.49. The Kier molecular flexibility index (Phi) is 22.0. The number of rotatable bonds is 28. The average Bonchev–Trinajstić information content (AvgIpc) is 3.17. The first-order chi connectivity index (χ1) is 25.4. The van der Waals surface area contributed by atoms with Gasteiger partial charge in [0, 0.05) is 49.6 Å². The fourth-order valence-corrected chi connectivity index (χ4v) is 4.66. The van der Waals surface area contributed by atoms with Crippen LogP contribution in [0.3, 0.4) is 0 Å². The fraction of sp³-hybridized carbons (Fsp3) is 0.647. The average molecular weight is 740 g/mol. The summed E-state index contributed by atoms with van der Waals surface area (Å²) in [4.78, 5) is 34.0. The Hall–Kier alpha value is -3.24. The largest absolute Gasteiger partial charge is 0.394 e. The first-order valence-corrected chi connectivity index (χ1v) is 17.3. The summed E-state index contributed by atoms with van der Waals surface area (Å²) in [6.45, 7) is 5.36. The molecule has 0 radical (unpaired) electrons. The first-order valence-electron chi connectivity index (χ1n) is 17.3. The van der Waals surface area contributed by atoms with Gasteiger partial charge in [0.25, 0.3) is 11.8 Å². The quantitative estimate of drug-likeness (QED) is 0.0545. The molecule has 18 nitrogen and oxygen atoms in total. The molecule has 292 valence electrons. The van der Waals surface area contributed by atoms with E-state index in [0.29, 0.717) is 102 Å². The molecule has 2 amide bonds. The summed E-state index contributed by atoms with van der Waals surface area (Å²) in [7, 11) is 0. The molecule has 1 fully saturated rings. The van der Waals surface area contributed by atoms with Gasteiger partial charge in [-0.3, -0.25) is 19.6 Å². The number of aliphatic hydroxyl groups excluding tert-OH is 3. The van der Waals surface area contributed by atoms with E-state index < -0.39 is 24.6 Å². The molecular weight excluding hydrogens is 686 g/mol. The van der Waals surface area contributed by atoms with Crippen molar-refractivity contribution < 1.29 is 62.8 Å². The normalized spacial score (nSPS) is 18.7. The predicted molar refractivity (Wildman–Crippen MR) is 184 cm³/mol. The van der Waals surface area contributed by atoms with Gasteiger partial charge in [-0.25, -0.2) is 0 Å². The Balaban J connectivity index is 1.22. The van der Waals surface area contributed by atoms with Crippen molar-refractivity contribution in [2.75, 3.05) is 112 Å². The van der Waals surface area contributed by atoms with Gasteiger partial charge >= 0.3 is 0 Å². The number of pyridine rings is 2. The van der Waals surface area contributed by atoms with Gasteiger partial charge in [0.15, 0.2) is 6.29 Å². The van der Waals surface area contributed by atoms with E-state index in [1.54, 1.807) is 24.3 Å². The Bertz CT molecular complexity index is 1280. The molecule has 4 atom stereocenters. The molecule has 0 unspecified atom stereocenters. The number of hydrogen-bond acceptors (Lipinski definition) is 16. The number of aliphatic hydroxyl groups is 3. The van der Waals surface area contributed by atoms with Gasteiger partial charge < -0.3 is 69.6 Å². The Morgan fingerprint density at radius 2 is 1.15 bits per heavy atom. The van der Waals surface area contributed by atoms with Crippen LogP contribution in [0.15, 0.2) is 36.7 Å². The minimum atomic E-state index is -1.19. The van der Waals surface area contributed by atoms with Gasteiger partial charge in [0.2, 0.25) is 0 Å². The fourth-order valence-electron chi connectivity index (χ4n) is 4.66. The lowest BCUT2D eigenvalue weighted by molar-refractivity contribution is -0.273. The van der Waals surface area contributed by atoms with Gasteiger partial charge in [-0.05, 0) is 24.3 Å². The minimum absolute atomic E-state index is 0.133. The lowest BCUT2D eigenvalue weighted by atomic mass is 10.0. The van der Waals surface area contributed by atoms with E-state index in [9.17, 15) is 24.9 Å². The second-order valence-corrected chi connectivity index (χ2v) is 11.3. The van der Waals surface area contributed by atoms with Crippen LogP contribution in [0.25, 0.3) is 11.4 Å². The maximum Gasteiger partial charge on any atom is 0.251 e. The van der Waals surface area contributed by atoms with Crippen molar-refractivity contribution in [3.63, 3.8) is 0 Å². The summed E-state index contributed by atoms with van der Waals surface area (Å²) >= 11 is 0. The highest BCUT2D eigenvalue weighted by Crippen LogP contribution is 2.21. The van der Waals surface area contributed by atoms with Gasteiger partial charge in [-0.1, -0.05) is 0 Å². The molecule has 2 aromatic heterocycles. The van der Waals surface area contributed by atoms with Crippen LogP contribution in [0.2, 0.25) is 0 Å². The Morgan fingerprint density at radius 3 is 1.62 bits per heavy atom. The smallest absolute Gasteiger partial charge is 0.251 e. The molecule has 3 heterocycles. The topological polar surface area (TPSA) is 245 Å². The molecule has 1 aliphatic heterocycles. The Labute approximate surface area is 303 Å². The number of amides is 2. The van der Waals surface area contributed by atoms with Crippen LogP contribution in [0.1, 0.15) is 27.1 Å². The molecule has 1 aliphatic rings. The third-order valence-corrected chi connectivity index (χ3v) is 7.34. The second-order valence-electron chi connectivity index (χ2n) is 11.3. The van der Waals surface area contributed by atoms with E-state index in [4.69, 9.17) is 43.6 Å². The second kappa shape index (κ2) is 26.5. The number of nitrogens with two attached hydrogens (primary N) is 1. The van der Waals surface area contributed by atoms with Crippen LogP contribution >= 0.6 is 0 Å². The molecule has 1 saturated heterocycles. The lowest BCUT2D eigenvalue weighted by Crippen LogP contribution is -2.50. The summed E-state index contributed by atoms with van der Waals surface area (Å²) in [5.74, 6) is -0.596. The zero-order valence-electron chi connectivity index (χ0n) is 29.4. The van der Waals surface area contributed by atoms with Crippen molar-refractivity contribution in [2.45, 2.75) is 31.0 Å². The highest BCUT2D eigenvalue weighted by atomic mass is 16.7. The van der Waals surface area contributed by atoms with Crippen molar-refractivity contribution in [2.24, 2.45) is 5.73 Å². The highest BCUT2D eigenvalue weighted by Gasteiger charge is 2.37. The third-order valence-electron chi connectivity index (χ3n) is 7.34. The molecule has 0 aliphatic carbocycles. The van der Waals surface area contributed by atoms with Crippen LogP contribution in [0.5, 0.6) is 0 Å². The summed E-state index contributed by atoms with van der Waals surface area (Å²) < 4.78 is 43.3. The van der Waals surface area contributed by atoms with E-state index in [0.717, 1.165) is 0 Å².